The van der Waals surface area contributed by atoms with E-state index in [9.17, 15) is 9.59 Å². The second-order valence-electron chi connectivity index (χ2n) is 8.32. The number of para-hydroxylation sites is 1. The van der Waals surface area contributed by atoms with E-state index in [0.717, 1.165) is 47.0 Å². The molecule has 0 aliphatic carbocycles. The molecule has 172 valence electrons. The number of unbranched alkanes of at least 4 members (excludes halogenated alkanes) is 1. The first kappa shape index (κ1) is 23.0. The SMILES string of the molecule is CCCCC(Cc1c[nH]c2ccccc12)NC(=O)c1cc2ccc(NC(=O)CNC)cc2s1. The van der Waals surface area contributed by atoms with Gasteiger partial charge in [0.15, 0.2) is 0 Å². The van der Waals surface area contributed by atoms with Gasteiger partial charge in [0.1, 0.15) is 0 Å². The third-order valence-electron chi connectivity index (χ3n) is 5.75. The number of hydrogen-bond donors (Lipinski definition) is 4. The molecule has 0 saturated carbocycles. The molecule has 2 aromatic heterocycles. The van der Waals surface area contributed by atoms with E-state index in [1.807, 2.05) is 36.4 Å². The van der Waals surface area contributed by atoms with Crippen LogP contribution in [0.15, 0.2) is 54.7 Å². The second-order valence-corrected chi connectivity index (χ2v) is 9.40. The first-order valence-electron chi connectivity index (χ1n) is 11.4. The fourth-order valence-corrected chi connectivity index (χ4v) is 5.09. The van der Waals surface area contributed by atoms with Crippen LogP contribution in [-0.4, -0.2) is 36.4 Å². The predicted octanol–water partition coefficient (Wildman–Crippen LogP) is 5.07. The van der Waals surface area contributed by atoms with Crippen LogP contribution in [0.3, 0.4) is 0 Å². The number of anilines is 1. The number of aromatic nitrogens is 1. The lowest BCUT2D eigenvalue weighted by Crippen LogP contribution is -2.36. The topological polar surface area (TPSA) is 86.0 Å². The van der Waals surface area contributed by atoms with Crippen molar-refractivity contribution in [2.24, 2.45) is 0 Å². The quantitative estimate of drug-likeness (QED) is 0.265. The molecule has 2 aromatic carbocycles. The highest BCUT2D eigenvalue weighted by Gasteiger charge is 2.18. The molecule has 4 N–H and O–H groups in total. The summed E-state index contributed by atoms with van der Waals surface area (Å²) in [7, 11) is 1.74. The Bertz CT molecular complexity index is 1260. The summed E-state index contributed by atoms with van der Waals surface area (Å²) in [6, 6.07) is 16.0. The minimum absolute atomic E-state index is 0.0436. The molecule has 2 heterocycles. The minimum atomic E-state index is -0.0950. The monoisotopic (exact) mass is 462 g/mol. The molecule has 0 spiro atoms. The van der Waals surface area contributed by atoms with E-state index in [0.29, 0.717) is 4.88 Å². The maximum Gasteiger partial charge on any atom is 0.261 e. The smallest absolute Gasteiger partial charge is 0.261 e. The number of likely N-dealkylation sites (N-methyl/N-ethyl adjacent to an activating group) is 1. The van der Waals surface area contributed by atoms with Gasteiger partial charge in [-0.25, -0.2) is 0 Å². The third-order valence-corrected chi connectivity index (χ3v) is 6.84. The van der Waals surface area contributed by atoms with E-state index in [2.05, 4.69) is 46.2 Å². The summed E-state index contributed by atoms with van der Waals surface area (Å²) in [6.45, 7) is 2.43. The average molecular weight is 463 g/mol. The van der Waals surface area contributed by atoms with Gasteiger partial charge in [-0.05, 0) is 55.1 Å². The van der Waals surface area contributed by atoms with Crippen molar-refractivity contribution in [2.75, 3.05) is 18.9 Å². The Morgan fingerprint density at radius 2 is 1.97 bits per heavy atom. The predicted molar refractivity (Wildman–Crippen MR) is 137 cm³/mol. The zero-order valence-corrected chi connectivity index (χ0v) is 19.9. The number of nitrogens with one attached hydrogen (secondary N) is 4. The van der Waals surface area contributed by atoms with Crippen LogP contribution >= 0.6 is 11.3 Å². The zero-order valence-electron chi connectivity index (χ0n) is 19.0. The number of carbonyl (C=O) groups is 2. The number of rotatable bonds is 10. The van der Waals surface area contributed by atoms with Gasteiger partial charge < -0.3 is 20.9 Å². The van der Waals surface area contributed by atoms with Crippen molar-refractivity contribution in [1.29, 1.82) is 0 Å². The normalized spacial score (nSPS) is 12.2. The highest BCUT2D eigenvalue weighted by Crippen LogP contribution is 2.29. The molecule has 33 heavy (non-hydrogen) atoms. The fourth-order valence-electron chi connectivity index (χ4n) is 4.08. The van der Waals surface area contributed by atoms with Crippen molar-refractivity contribution in [2.45, 2.75) is 38.6 Å². The molecule has 0 aliphatic heterocycles. The molecule has 0 radical (unpaired) electrons. The average Bonchev–Trinajstić information content (AvgIpc) is 3.41. The number of H-pyrrole nitrogens is 1. The van der Waals surface area contributed by atoms with Crippen LogP contribution in [-0.2, 0) is 11.2 Å². The van der Waals surface area contributed by atoms with Gasteiger partial charge in [0.25, 0.3) is 5.91 Å². The lowest BCUT2D eigenvalue weighted by Gasteiger charge is -2.18. The van der Waals surface area contributed by atoms with Crippen LogP contribution in [0.2, 0.25) is 0 Å². The van der Waals surface area contributed by atoms with Crippen LogP contribution in [0, 0.1) is 0 Å². The van der Waals surface area contributed by atoms with E-state index in [1.54, 1.807) is 7.05 Å². The van der Waals surface area contributed by atoms with Crippen molar-refractivity contribution in [3.8, 4) is 0 Å². The maximum atomic E-state index is 13.1. The van der Waals surface area contributed by atoms with E-state index in [1.165, 1.54) is 22.3 Å². The van der Waals surface area contributed by atoms with Gasteiger partial charge in [-0.3, -0.25) is 9.59 Å². The van der Waals surface area contributed by atoms with Crippen molar-refractivity contribution >= 4 is 49.8 Å². The van der Waals surface area contributed by atoms with Crippen LogP contribution in [0.5, 0.6) is 0 Å². The van der Waals surface area contributed by atoms with Crippen LogP contribution in [0.4, 0.5) is 5.69 Å². The van der Waals surface area contributed by atoms with Crippen LogP contribution in [0.25, 0.3) is 21.0 Å². The third kappa shape index (κ3) is 5.61. The van der Waals surface area contributed by atoms with Gasteiger partial charge in [-0.1, -0.05) is 44.0 Å². The Kier molecular flexibility index (Phi) is 7.42. The van der Waals surface area contributed by atoms with Crippen molar-refractivity contribution in [3.05, 3.63) is 65.2 Å². The molecule has 1 atom stereocenters. The Hall–Kier alpha value is -3.16. The molecule has 4 aromatic rings. The number of carbonyl (C=O) groups excluding carboxylic acids is 2. The molecule has 0 fully saturated rings. The number of amides is 2. The summed E-state index contributed by atoms with van der Waals surface area (Å²) in [5.41, 5.74) is 3.08. The van der Waals surface area contributed by atoms with Crippen molar-refractivity contribution < 1.29 is 9.59 Å². The molecular formula is C26H30N4O2S. The molecule has 7 heteroatoms. The molecule has 0 aliphatic rings. The summed E-state index contributed by atoms with van der Waals surface area (Å²) in [5.74, 6) is -0.139. The molecule has 1 unspecified atom stereocenters. The first-order chi connectivity index (χ1) is 16.1. The Morgan fingerprint density at radius 3 is 2.79 bits per heavy atom. The van der Waals surface area contributed by atoms with Crippen molar-refractivity contribution in [1.82, 2.24) is 15.6 Å². The minimum Gasteiger partial charge on any atom is -0.361 e. The van der Waals surface area contributed by atoms with Gasteiger partial charge >= 0.3 is 0 Å². The molecule has 6 nitrogen and oxygen atoms in total. The first-order valence-corrected chi connectivity index (χ1v) is 12.2. The highest BCUT2D eigenvalue weighted by atomic mass is 32.1. The summed E-state index contributed by atoms with van der Waals surface area (Å²) < 4.78 is 0.976. The Labute approximate surface area is 197 Å². The second kappa shape index (κ2) is 10.6. The summed E-state index contributed by atoms with van der Waals surface area (Å²) >= 11 is 1.45. The van der Waals surface area contributed by atoms with E-state index < -0.39 is 0 Å². The molecule has 2 amide bonds. The molecule has 4 rings (SSSR count). The zero-order chi connectivity index (χ0) is 23.2. The lowest BCUT2D eigenvalue weighted by atomic mass is 10.0. The summed E-state index contributed by atoms with van der Waals surface area (Å²) in [6.07, 6.45) is 5.94. The fraction of sp³-hybridized carbons (Fsp3) is 0.308. The van der Waals surface area contributed by atoms with E-state index in [4.69, 9.17) is 0 Å². The Balaban J connectivity index is 1.49. The van der Waals surface area contributed by atoms with Gasteiger partial charge in [0.2, 0.25) is 5.91 Å². The molecule has 0 bridgehead atoms. The van der Waals surface area contributed by atoms with Gasteiger partial charge in [0.05, 0.1) is 11.4 Å². The number of thiophene rings is 1. The van der Waals surface area contributed by atoms with Gasteiger partial charge in [0, 0.05) is 33.5 Å². The van der Waals surface area contributed by atoms with Crippen LogP contribution < -0.4 is 16.0 Å². The lowest BCUT2D eigenvalue weighted by molar-refractivity contribution is -0.115. The molecular weight excluding hydrogens is 432 g/mol. The largest absolute Gasteiger partial charge is 0.361 e. The van der Waals surface area contributed by atoms with Crippen molar-refractivity contribution in [3.63, 3.8) is 0 Å². The maximum absolute atomic E-state index is 13.1. The van der Waals surface area contributed by atoms with E-state index in [-0.39, 0.29) is 24.4 Å². The van der Waals surface area contributed by atoms with Gasteiger partial charge in [-0.2, -0.15) is 0 Å². The number of fused-ring (bicyclic) bond motifs is 2. The van der Waals surface area contributed by atoms with Gasteiger partial charge in [-0.15, -0.1) is 11.3 Å². The standard InChI is InChI=1S/C26H30N4O2S/c1-3-4-7-19(12-18-15-28-22-9-6-5-8-21(18)22)30-26(32)24-13-17-10-11-20(14-23(17)33-24)29-25(31)16-27-2/h5-6,8-11,13-15,19,27-28H,3-4,7,12,16H2,1-2H3,(H,29,31)(H,30,32). The molecule has 0 saturated heterocycles. The number of benzene rings is 2. The summed E-state index contributed by atoms with van der Waals surface area (Å²) in [5, 5.41) is 11.2. The highest BCUT2D eigenvalue weighted by molar-refractivity contribution is 7.20. The van der Waals surface area contributed by atoms with E-state index >= 15 is 0 Å². The Morgan fingerprint density at radius 1 is 1.12 bits per heavy atom. The van der Waals surface area contributed by atoms with Crippen LogP contribution in [0.1, 0.15) is 41.4 Å². The number of aromatic amines is 1. The summed E-state index contributed by atoms with van der Waals surface area (Å²) in [4.78, 5) is 29.0. The number of hydrogen-bond acceptors (Lipinski definition) is 4.